The molecule has 1 atom stereocenters. The molecule has 2 N–H and O–H groups in total. The largest absolute Gasteiger partial charge is 0.480 e. The van der Waals surface area contributed by atoms with Crippen LogP contribution in [0, 0.1) is 29.1 Å². The number of ether oxygens (including phenoxy) is 1. The van der Waals surface area contributed by atoms with Crippen LogP contribution in [0.1, 0.15) is 5.56 Å². The van der Waals surface area contributed by atoms with Crippen LogP contribution in [0.4, 0.5) is 27.6 Å². The Morgan fingerprint density at radius 1 is 0.958 bits per heavy atom. The van der Waals surface area contributed by atoms with E-state index in [2.05, 4.69) is 0 Å². The van der Waals surface area contributed by atoms with Crippen LogP contribution in [0.15, 0.2) is 24.3 Å². The standard InChI is InChI=1S/C15H9F5N2O2/c16-9-10(17)12(19)14(13(20)11(9)18)21-22-15(23)8-5-6-3-1-2-4-7(6)24-8/h1-4,8,21H,5H2,(H,22,23)/t8-/m0/s1. The third kappa shape index (κ3) is 2.61. The van der Waals surface area contributed by atoms with Crippen LogP contribution >= 0.6 is 0 Å². The van der Waals surface area contributed by atoms with E-state index in [1.807, 2.05) is 5.43 Å². The molecule has 0 aliphatic carbocycles. The van der Waals surface area contributed by atoms with Crippen LogP contribution in [0.25, 0.3) is 0 Å². The van der Waals surface area contributed by atoms with E-state index < -0.39 is 46.8 Å². The summed E-state index contributed by atoms with van der Waals surface area (Å²) in [6, 6.07) is 6.82. The maximum atomic E-state index is 13.5. The van der Waals surface area contributed by atoms with Crippen molar-refractivity contribution in [2.75, 3.05) is 5.43 Å². The normalized spacial score (nSPS) is 15.6. The van der Waals surface area contributed by atoms with Gasteiger partial charge in [0.1, 0.15) is 11.4 Å². The molecule has 0 spiro atoms. The van der Waals surface area contributed by atoms with Crippen LogP contribution < -0.4 is 15.6 Å². The zero-order valence-corrected chi connectivity index (χ0v) is 11.8. The lowest BCUT2D eigenvalue weighted by molar-refractivity contribution is -0.126. The van der Waals surface area contributed by atoms with Gasteiger partial charge in [-0.3, -0.25) is 15.6 Å². The maximum absolute atomic E-state index is 13.5. The minimum Gasteiger partial charge on any atom is -0.480 e. The van der Waals surface area contributed by atoms with Gasteiger partial charge in [0.15, 0.2) is 29.4 Å². The number of hydrazine groups is 1. The summed E-state index contributed by atoms with van der Waals surface area (Å²) in [6.07, 6.45) is -0.781. The summed E-state index contributed by atoms with van der Waals surface area (Å²) in [6.45, 7) is 0. The quantitative estimate of drug-likeness (QED) is 0.390. The van der Waals surface area contributed by atoms with Crippen LogP contribution in [0.2, 0.25) is 0 Å². The predicted molar refractivity (Wildman–Crippen MR) is 72.6 cm³/mol. The van der Waals surface area contributed by atoms with E-state index in [1.54, 1.807) is 29.7 Å². The maximum Gasteiger partial charge on any atom is 0.279 e. The molecule has 1 heterocycles. The molecule has 2 aromatic carbocycles. The molecule has 126 valence electrons. The van der Waals surface area contributed by atoms with E-state index in [1.165, 1.54) is 0 Å². The summed E-state index contributed by atoms with van der Waals surface area (Å²) in [5.41, 5.74) is 3.01. The van der Waals surface area contributed by atoms with Gasteiger partial charge in [-0.1, -0.05) is 18.2 Å². The second-order valence-electron chi connectivity index (χ2n) is 4.98. The zero-order valence-electron chi connectivity index (χ0n) is 11.8. The average molecular weight is 344 g/mol. The van der Waals surface area contributed by atoms with Gasteiger partial charge in [-0.05, 0) is 11.6 Å². The number of anilines is 1. The summed E-state index contributed by atoms with van der Waals surface area (Å²) in [5, 5.41) is 0. The number of fused-ring (bicyclic) bond motifs is 1. The summed E-state index contributed by atoms with van der Waals surface area (Å²) < 4.78 is 71.4. The monoisotopic (exact) mass is 344 g/mol. The van der Waals surface area contributed by atoms with E-state index in [9.17, 15) is 26.7 Å². The lowest BCUT2D eigenvalue weighted by Crippen LogP contribution is -2.41. The zero-order chi connectivity index (χ0) is 17.4. The Bertz CT molecular complexity index is 774. The first-order chi connectivity index (χ1) is 11.4. The van der Waals surface area contributed by atoms with Gasteiger partial charge in [-0.2, -0.15) is 0 Å². The van der Waals surface area contributed by atoms with Gasteiger partial charge < -0.3 is 4.74 Å². The summed E-state index contributed by atoms with van der Waals surface area (Å²) >= 11 is 0. The van der Waals surface area contributed by atoms with Gasteiger partial charge in [-0.25, -0.2) is 22.0 Å². The Morgan fingerprint density at radius 3 is 2.17 bits per heavy atom. The third-order valence-electron chi connectivity index (χ3n) is 3.46. The first kappa shape index (κ1) is 16.0. The highest BCUT2D eigenvalue weighted by molar-refractivity contribution is 5.83. The van der Waals surface area contributed by atoms with E-state index in [-0.39, 0.29) is 6.42 Å². The van der Waals surface area contributed by atoms with Crippen LogP contribution in [-0.4, -0.2) is 12.0 Å². The van der Waals surface area contributed by atoms with Crippen molar-refractivity contribution in [1.82, 2.24) is 5.43 Å². The van der Waals surface area contributed by atoms with Gasteiger partial charge >= 0.3 is 0 Å². The van der Waals surface area contributed by atoms with Gasteiger partial charge in [0.05, 0.1) is 0 Å². The van der Waals surface area contributed by atoms with Gasteiger partial charge in [0, 0.05) is 6.42 Å². The number of carbonyl (C=O) groups is 1. The minimum absolute atomic E-state index is 0.209. The Labute approximate surface area is 132 Å². The fourth-order valence-electron chi connectivity index (χ4n) is 2.25. The molecule has 0 fully saturated rings. The van der Waals surface area contributed by atoms with Crippen LogP contribution in [0.5, 0.6) is 5.75 Å². The van der Waals surface area contributed by atoms with Crippen molar-refractivity contribution in [3.05, 3.63) is 58.9 Å². The van der Waals surface area contributed by atoms with Gasteiger partial charge in [0.2, 0.25) is 5.82 Å². The molecule has 1 aliphatic heterocycles. The summed E-state index contributed by atoms with van der Waals surface area (Å²) in [5.74, 6) is -11.0. The van der Waals surface area contributed by atoms with Crippen LogP contribution in [-0.2, 0) is 11.2 Å². The van der Waals surface area contributed by atoms with E-state index in [0.717, 1.165) is 5.56 Å². The molecule has 2 aromatic rings. The summed E-state index contributed by atoms with van der Waals surface area (Å²) in [7, 11) is 0. The molecule has 24 heavy (non-hydrogen) atoms. The molecule has 0 saturated heterocycles. The number of benzene rings is 2. The molecule has 0 radical (unpaired) electrons. The lowest BCUT2D eigenvalue weighted by Gasteiger charge is -2.14. The average Bonchev–Trinajstić information content (AvgIpc) is 3.02. The fraction of sp³-hybridized carbons (Fsp3) is 0.133. The number of amides is 1. The highest BCUT2D eigenvalue weighted by Gasteiger charge is 2.30. The van der Waals surface area contributed by atoms with Crippen molar-refractivity contribution in [3.63, 3.8) is 0 Å². The summed E-state index contributed by atoms with van der Waals surface area (Å²) in [4.78, 5) is 11.9. The lowest BCUT2D eigenvalue weighted by atomic mass is 10.1. The van der Waals surface area contributed by atoms with Gasteiger partial charge in [0.25, 0.3) is 5.91 Å². The van der Waals surface area contributed by atoms with Gasteiger partial charge in [-0.15, -0.1) is 0 Å². The Balaban J connectivity index is 1.72. The highest BCUT2D eigenvalue weighted by atomic mass is 19.2. The molecule has 0 aromatic heterocycles. The first-order valence-corrected chi connectivity index (χ1v) is 6.72. The SMILES string of the molecule is O=C(NNc1c(F)c(F)c(F)c(F)c1F)[C@@H]1Cc2ccccc2O1. The number of halogens is 5. The molecule has 1 aliphatic rings. The molecule has 0 unspecified atom stereocenters. The number of rotatable bonds is 3. The van der Waals surface area contributed by atoms with Crippen molar-refractivity contribution >= 4 is 11.6 Å². The van der Waals surface area contributed by atoms with E-state index in [0.29, 0.717) is 5.75 Å². The van der Waals surface area contributed by atoms with E-state index in [4.69, 9.17) is 4.74 Å². The molecular formula is C15H9F5N2O2. The van der Waals surface area contributed by atoms with Crippen molar-refractivity contribution in [2.45, 2.75) is 12.5 Å². The number of hydrogen-bond donors (Lipinski definition) is 2. The van der Waals surface area contributed by atoms with Crippen molar-refractivity contribution in [1.29, 1.82) is 0 Å². The molecule has 4 nitrogen and oxygen atoms in total. The molecule has 9 heteroatoms. The molecule has 0 saturated carbocycles. The first-order valence-electron chi connectivity index (χ1n) is 6.72. The van der Waals surface area contributed by atoms with Crippen LogP contribution in [0.3, 0.4) is 0 Å². The predicted octanol–water partition coefficient (Wildman–Crippen LogP) is 2.83. The van der Waals surface area contributed by atoms with E-state index >= 15 is 0 Å². The Morgan fingerprint density at radius 2 is 1.54 bits per heavy atom. The molecule has 1 amide bonds. The topological polar surface area (TPSA) is 50.4 Å². The van der Waals surface area contributed by atoms with Crippen molar-refractivity contribution in [3.8, 4) is 5.75 Å². The second kappa shape index (κ2) is 5.99. The minimum atomic E-state index is -2.28. The Hall–Kier alpha value is -2.84. The Kier molecular flexibility index (Phi) is 4.00. The number of para-hydroxylation sites is 1. The smallest absolute Gasteiger partial charge is 0.279 e. The van der Waals surface area contributed by atoms with Crippen molar-refractivity contribution in [2.24, 2.45) is 0 Å². The number of hydrogen-bond acceptors (Lipinski definition) is 3. The number of nitrogens with one attached hydrogen (secondary N) is 2. The molecular weight excluding hydrogens is 335 g/mol. The second-order valence-corrected chi connectivity index (χ2v) is 4.98. The van der Waals surface area contributed by atoms with Crippen molar-refractivity contribution < 1.29 is 31.5 Å². The fourth-order valence-corrected chi connectivity index (χ4v) is 2.25. The third-order valence-corrected chi connectivity index (χ3v) is 3.46. The number of carbonyl (C=O) groups excluding carboxylic acids is 1. The molecule has 3 rings (SSSR count). The highest BCUT2D eigenvalue weighted by Crippen LogP contribution is 2.29. The molecule has 0 bridgehead atoms.